The molecule has 0 aliphatic rings. The molecule has 0 aliphatic heterocycles. The predicted octanol–water partition coefficient (Wildman–Crippen LogP) is 6.04. The Kier molecular flexibility index (Phi) is 6.96. The van der Waals surface area contributed by atoms with Gasteiger partial charge < -0.3 is 0 Å². The van der Waals surface area contributed by atoms with E-state index < -0.39 is 5.96 Å². The molecule has 0 fully saturated rings. The molecular formula is C26H29ClNP. The van der Waals surface area contributed by atoms with Gasteiger partial charge in [0.2, 0.25) is 0 Å². The van der Waals surface area contributed by atoms with Gasteiger partial charge in [-0.25, -0.2) is 0 Å². The van der Waals surface area contributed by atoms with Crippen molar-refractivity contribution in [3.8, 4) is 0 Å². The van der Waals surface area contributed by atoms with Gasteiger partial charge in [-0.3, -0.25) is 0 Å². The van der Waals surface area contributed by atoms with E-state index in [0.29, 0.717) is 0 Å². The number of nitrogens with zero attached hydrogens (tertiary/aromatic N) is 1. The zero-order chi connectivity index (χ0) is 20.6. The maximum atomic E-state index is 7.95. The summed E-state index contributed by atoms with van der Waals surface area (Å²) < 4.78 is 0. The molecule has 0 bridgehead atoms. The van der Waals surface area contributed by atoms with E-state index in [9.17, 15) is 0 Å². The second-order valence-electron chi connectivity index (χ2n) is 6.98. The van der Waals surface area contributed by atoms with Crippen molar-refractivity contribution in [2.45, 2.75) is 13.8 Å². The molecule has 0 aromatic heterocycles. The van der Waals surface area contributed by atoms with Crippen LogP contribution >= 0.6 is 17.2 Å². The van der Waals surface area contributed by atoms with Crippen LogP contribution in [0.15, 0.2) is 115 Å². The van der Waals surface area contributed by atoms with Crippen molar-refractivity contribution >= 4 is 33.1 Å². The maximum absolute atomic E-state index is 7.95. The van der Waals surface area contributed by atoms with E-state index in [1.807, 2.05) is 18.2 Å². The fourth-order valence-electron chi connectivity index (χ4n) is 3.68. The Morgan fingerprint density at radius 2 is 1.03 bits per heavy atom. The first-order valence-electron chi connectivity index (χ1n) is 10.1. The molecule has 0 atom stereocenters. The molecule has 0 saturated carbocycles. The molecule has 3 aromatic carbocycles. The Hall–Kier alpha value is -2.34. The van der Waals surface area contributed by atoms with Gasteiger partial charge in [0.15, 0.2) is 0 Å². The molecule has 3 heteroatoms. The third-order valence-corrected chi connectivity index (χ3v) is 12.1. The Balaban J connectivity index is 2.27. The molecule has 3 rings (SSSR count). The monoisotopic (exact) mass is 421 g/mol. The summed E-state index contributed by atoms with van der Waals surface area (Å²) in [6.07, 6.45) is 6.36. The average Bonchev–Trinajstić information content (AvgIpc) is 2.81. The van der Waals surface area contributed by atoms with E-state index in [1.165, 1.54) is 0 Å². The summed E-state index contributed by atoms with van der Waals surface area (Å²) >= 11 is 7.95. The molecule has 0 radical (unpaired) electrons. The number of allylic oxidation sites excluding steroid dienone is 2. The van der Waals surface area contributed by atoms with Gasteiger partial charge in [0, 0.05) is 0 Å². The summed E-state index contributed by atoms with van der Waals surface area (Å²) in [5.74, 6) is -1.06. The number of halogens is 1. The van der Waals surface area contributed by atoms with Crippen LogP contribution in [0, 0.1) is 0 Å². The third-order valence-electron chi connectivity index (χ3n) is 5.37. The van der Waals surface area contributed by atoms with Gasteiger partial charge in [-0.2, -0.15) is 0 Å². The van der Waals surface area contributed by atoms with Crippen molar-refractivity contribution < 1.29 is 0 Å². The van der Waals surface area contributed by atoms with E-state index in [4.69, 9.17) is 11.2 Å². The van der Waals surface area contributed by atoms with Gasteiger partial charge in [0.05, 0.1) is 0 Å². The first-order valence-corrected chi connectivity index (χ1v) is 13.3. The molecule has 150 valence electrons. The molecule has 0 amide bonds. The van der Waals surface area contributed by atoms with Crippen LogP contribution in [0.5, 0.6) is 0 Å². The molecule has 3 aromatic rings. The quantitative estimate of drug-likeness (QED) is 0.316. The molecule has 0 heterocycles. The average molecular weight is 422 g/mol. The molecule has 0 unspecified atom stereocenters. The molecular weight excluding hydrogens is 393 g/mol. The van der Waals surface area contributed by atoms with Crippen molar-refractivity contribution in [1.82, 2.24) is 4.90 Å². The Morgan fingerprint density at radius 1 is 0.655 bits per heavy atom. The Bertz CT molecular complexity index is 848. The predicted molar refractivity (Wildman–Crippen MR) is 132 cm³/mol. The van der Waals surface area contributed by atoms with Crippen LogP contribution in [0.3, 0.4) is 0 Å². The molecule has 0 aliphatic carbocycles. The molecule has 0 N–H and O–H groups in total. The van der Waals surface area contributed by atoms with E-state index in [2.05, 4.69) is 116 Å². The van der Waals surface area contributed by atoms with Crippen molar-refractivity contribution in [3.05, 3.63) is 115 Å². The second-order valence-corrected chi connectivity index (χ2v) is 13.1. The standard InChI is InChI=1S/C26H29ClNP/c1-3-28(4-2)22-14-15-23-29(27,24-16-8-5-9-17-24,25-18-10-6-11-19-25)26-20-12-7-13-21-26/h5-23H,3-4H2,1-2H3. The summed E-state index contributed by atoms with van der Waals surface area (Å²) in [7, 11) is 0. The summed E-state index contributed by atoms with van der Waals surface area (Å²) in [5, 5.41) is 3.43. The van der Waals surface area contributed by atoms with Gasteiger partial charge in [0.25, 0.3) is 0 Å². The van der Waals surface area contributed by atoms with E-state index in [0.717, 1.165) is 29.0 Å². The van der Waals surface area contributed by atoms with Crippen LogP contribution in [0.1, 0.15) is 13.8 Å². The van der Waals surface area contributed by atoms with E-state index >= 15 is 0 Å². The van der Waals surface area contributed by atoms with E-state index in [-0.39, 0.29) is 0 Å². The summed E-state index contributed by atoms with van der Waals surface area (Å²) in [4.78, 5) is 2.26. The number of hydrogen-bond donors (Lipinski definition) is 0. The fraction of sp³-hybridized carbons (Fsp3) is 0.154. The normalized spacial score (nSPS) is 13.4. The van der Waals surface area contributed by atoms with Crippen molar-refractivity contribution in [1.29, 1.82) is 0 Å². The summed E-state index contributed by atoms with van der Waals surface area (Å²) in [6, 6.07) is 31.5. The van der Waals surface area contributed by atoms with Gasteiger partial charge in [0.1, 0.15) is 0 Å². The first kappa shape index (κ1) is 21.4. The number of benzene rings is 3. The Morgan fingerprint density at radius 3 is 1.38 bits per heavy atom. The van der Waals surface area contributed by atoms with E-state index in [1.54, 1.807) is 0 Å². The molecule has 0 spiro atoms. The van der Waals surface area contributed by atoms with Crippen LogP contribution < -0.4 is 15.9 Å². The van der Waals surface area contributed by atoms with Crippen LogP contribution in [0.25, 0.3) is 0 Å². The van der Waals surface area contributed by atoms with Gasteiger partial charge in [-0.05, 0) is 0 Å². The van der Waals surface area contributed by atoms with Crippen molar-refractivity contribution in [2.24, 2.45) is 0 Å². The van der Waals surface area contributed by atoms with Gasteiger partial charge >= 0.3 is 180 Å². The second kappa shape index (κ2) is 9.44. The topological polar surface area (TPSA) is 3.24 Å². The van der Waals surface area contributed by atoms with Gasteiger partial charge in [-0.1, -0.05) is 0 Å². The third kappa shape index (κ3) is 4.17. The van der Waals surface area contributed by atoms with Crippen LogP contribution in [-0.4, -0.2) is 18.0 Å². The zero-order valence-corrected chi connectivity index (χ0v) is 18.8. The molecule has 29 heavy (non-hydrogen) atoms. The number of hydrogen-bond acceptors (Lipinski definition) is 1. The Labute approximate surface area is 180 Å². The van der Waals surface area contributed by atoms with Crippen molar-refractivity contribution in [2.75, 3.05) is 13.1 Å². The minimum atomic E-state index is -3.31. The minimum absolute atomic E-state index is 0.987. The zero-order valence-electron chi connectivity index (χ0n) is 17.2. The van der Waals surface area contributed by atoms with Crippen molar-refractivity contribution in [3.63, 3.8) is 0 Å². The number of rotatable bonds is 8. The van der Waals surface area contributed by atoms with Crippen LogP contribution in [0.2, 0.25) is 0 Å². The van der Waals surface area contributed by atoms with Crippen LogP contribution in [-0.2, 0) is 0 Å². The summed E-state index contributed by atoms with van der Waals surface area (Å²) in [5.41, 5.74) is 0. The molecule has 1 nitrogen and oxygen atoms in total. The summed E-state index contributed by atoms with van der Waals surface area (Å²) in [6.45, 7) is 6.30. The molecule has 0 saturated heterocycles. The fourth-order valence-corrected chi connectivity index (χ4v) is 8.99. The SMILES string of the molecule is CCN(C=CC=CP(Cl)(c1ccccc1)(c1ccccc1)c1ccccc1)CC. The first-order chi connectivity index (χ1) is 14.1. The van der Waals surface area contributed by atoms with Crippen LogP contribution in [0.4, 0.5) is 0 Å². The van der Waals surface area contributed by atoms with Gasteiger partial charge in [-0.15, -0.1) is 0 Å².